The predicted octanol–water partition coefficient (Wildman–Crippen LogP) is 2.15. The van der Waals surface area contributed by atoms with Gasteiger partial charge in [0.2, 0.25) is 0 Å². The van der Waals surface area contributed by atoms with E-state index in [-0.39, 0.29) is 24.9 Å². The van der Waals surface area contributed by atoms with Crippen LogP contribution in [0.5, 0.6) is 0 Å². The van der Waals surface area contributed by atoms with E-state index in [1.165, 1.54) is 0 Å². The molecule has 2 aromatic rings. The number of aromatic nitrogens is 4. The van der Waals surface area contributed by atoms with E-state index in [0.29, 0.717) is 30.0 Å². The normalized spacial score (nSPS) is 17.9. The minimum absolute atomic E-state index is 0.111. The van der Waals surface area contributed by atoms with E-state index in [2.05, 4.69) is 20.4 Å². The first-order chi connectivity index (χ1) is 11.5. The van der Waals surface area contributed by atoms with Crippen LogP contribution in [0.1, 0.15) is 47.0 Å². The number of nitrogens with zero attached hydrogens (tertiary/aromatic N) is 4. The molecule has 6 nitrogen and oxygen atoms in total. The molecular formula is C15H16F3N5O. The lowest BCUT2D eigenvalue weighted by Crippen LogP contribution is -2.33. The van der Waals surface area contributed by atoms with Crippen molar-refractivity contribution in [2.75, 3.05) is 11.4 Å². The number of nitrogens with one attached hydrogen (secondary N) is 1. The van der Waals surface area contributed by atoms with E-state index in [9.17, 15) is 18.3 Å². The van der Waals surface area contributed by atoms with Gasteiger partial charge in [-0.15, -0.1) is 5.10 Å². The lowest BCUT2D eigenvalue weighted by Gasteiger charge is -2.29. The molecule has 3 heterocycles. The van der Waals surface area contributed by atoms with E-state index in [1.54, 1.807) is 4.90 Å². The van der Waals surface area contributed by atoms with Crippen molar-refractivity contribution < 1.29 is 18.3 Å². The quantitative estimate of drug-likeness (QED) is 0.896. The van der Waals surface area contributed by atoms with Crippen LogP contribution in [0.4, 0.5) is 19.0 Å². The zero-order valence-electron chi connectivity index (χ0n) is 12.8. The molecule has 0 bridgehead atoms. The molecule has 0 radical (unpaired) electrons. The summed E-state index contributed by atoms with van der Waals surface area (Å²) in [6.07, 6.45) is -2.22. The lowest BCUT2D eigenvalue weighted by molar-refractivity contribution is -0.137. The van der Waals surface area contributed by atoms with Crippen molar-refractivity contribution in [2.24, 2.45) is 0 Å². The zero-order chi connectivity index (χ0) is 16.9. The maximum absolute atomic E-state index is 13.5. The van der Waals surface area contributed by atoms with Gasteiger partial charge in [0, 0.05) is 18.0 Å². The van der Waals surface area contributed by atoms with Crippen molar-refractivity contribution in [3.8, 4) is 0 Å². The molecule has 2 aromatic heterocycles. The first kappa shape index (κ1) is 15.4. The Morgan fingerprint density at radius 3 is 2.75 bits per heavy atom. The minimum atomic E-state index is -4.47. The third-order valence-corrected chi connectivity index (χ3v) is 4.56. The smallest absolute Gasteiger partial charge is 0.390 e. The van der Waals surface area contributed by atoms with Gasteiger partial charge in [-0.1, -0.05) is 0 Å². The summed E-state index contributed by atoms with van der Waals surface area (Å²) in [5.74, 6) is -0.0296. The zero-order valence-corrected chi connectivity index (χ0v) is 12.8. The third-order valence-electron chi connectivity index (χ3n) is 4.56. The molecule has 0 unspecified atom stereocenters. The van der Waals surface area contributed by atoms with Gasteiger partial charge in [-0.05, 0) is 25.3 Å². The van der Waals surface area contributed by atoms with Crippen LogP contribution in [0.15, 0.2) is 6.07 Å². The highest BCUT2D eigenvalue weighted by Gasteiger charge is 2.39. The van der Waals surface area contributed by atoms with Crippen molar-refractivity contribution in [3.63, 3.8) is 0 Å². The fourth-order valence-corrected chi connectivity index (χ4v) is 3.12. The summed E-state index contributed by atoms with van der Waals surface area (Å²) in [7, 11) is 0. The molecule has 2 aliphatic rings. The number of fused-ring (bicyclic) bond motifs is 1. The highest BCUT2D eigenvalue weighted by atomic mass is 19.4. The second-order valence-electron chi connectivity index (χ2n) is 6.24. The van der Waals surface area contributed by atoms with Gasteiger partial charge in [0.1, 0.15) is 5.56 Å². The van der Waals surface area contributed by atoms with Crippen LogP contribution in [-0.4, -0.2) is 32.0 Å². The number of aliphatic hydroxyl groups is 1. The molecule has 24 heavy (non-hydrogen) atoms. The largest absolute Gasteiger partial charge is 0.420 e. The Hall–Kier alpha value is -2.16. The summed E-state index contributed by atoms with van der Waals surface area (Å²) in [6.45, 7) is 0.429. The Labute approximate surface area is 135 Å². The minimum Gasteiger partial charge on any atom is -0.390 e. The Balaban J connectivity index is 1.68. The molecule has 0 saturated heterocycles. The highest BCUT2D eigenvalue weighted by molar-refractivity contribution is 5.51. The van der Waals surface area contributed by atoms with Gasteiger partial charge in [-0.25, -0.2) is 0 Å². The van der Waals surface area contributed by atoms with E-state index >= 15 is 0 Å². The van der Waals surface area contributed by atoms with Gasteiger partial charge in [-0.3, -0.25) is 5.10 Å². The van der Waals surface area contributed by atoms with Crippen molar-refractivity contribution in [1.82, 2.24) is 20.4 Å². The predicted molar refractivity (Wildman–Crippen MR) is 78.3 cm³/mol. The summed E-state index contributed by atoms with van der Waals surface area (Å²) in [6, 6.07) is 1.14. The molecular weight excluding hydrogens is 323 g/mol. The molecule has 0 amide bonds. The second-order valence-corrected chi connectivity index (χ2v) is 6.24. The maximum Gasteiger partial charge on any atom is 0.420 e. The third kappa shape index (κ3) is 2.62. The number of halogens is 3. The highest BCUT2D eigenvalue weighted by Crippen LogP contribution is 2.43. The molecule has 9 heteroatoms. The number of aromatic amines is 1. The Morgan fingerprint density at radius 1 is 1.29 bits per heavy atom. The number of hydrogen-bond donors (Lipinski definition) is 2. The molecule has 1 saturated carbocycles. The van der Waals surface area contributed by atoms with Crippen molar-refractivity contribution in [1.29, 1.82) is 0 Å². The number of rotatable bonds is 3. The van der Waals surface area contributed by atoms with E-state index < -0.39 is 11.7 Å². The molecule has 0 aromatic carbocycles. The number of alkyl halides is 3. The van der Waals surface area contributed by atoms with Gasteiger partial charge in [0.15, 0.2) is 5.82 Å². The summed E-state index contributed by atoms with van der Waals surface area (Å²) >= 11 is 0. The first-order valence-electron chi connectivity index (χ1n) is 7.83. The number of anilines is 1. The fourth-order valence-electron chi connectivity index (χ4n) is 3.12. The van der Waals surface area contributed by atoms with Gasteiger partial charge in [0.05, 0.1) is 30.2 Å². The number of H-pyrrole nitrogens is 1. The van der Waals surface area contributed by atoms with Crippen LogP contribution in [0.25, 0.3) is 0 Å². The summed E-state index contributed by atoms with van der Waals surface area (Å²) < 4.78 is 40.4. The molecule has 1 aliphatic carbocycles. The van der Waals surface area contributed by atoms with E-state index in [1.807, 2.05) is 0 Å². The lowest BCUT2D eigenvalue weighted by atomic mass is 10.0. The summed E-state index contributed by atoms with van der Waals surface area (Å²) in [4.78, 5) is 1.56. The number of aliphatic hydroxyl groups excluding tert-OH is 1. The van der Waals surface area contributed by atoms with Crippen LogP contribution >= 0.6 is 0 Å². The van der Waals surface area contributed by atoms with Crippen molar-refractivity contribution in [2.45, 2.75) is 44.5 Å². The molecule has 1 fully saturated rings. The monoisotopic (exact) mass is 339 g/mol. The fraction of sp³-hybridized carbons (Fsp3) is 0.533. The van der Waals surface area contributed by atoms with Gasteiger partial charge in [0.25, 0.3) is 0 Å². The topological polar surface area (TPSA) is 77.9 Å². The molecule has 0 atom stereocenters. The molecule has 0 spiro atoms. The average molecular weight is 339 g/mol. The van der Waals surface area contributed by atoms with Crippen LogP contribution in [0.2, 0.25) is 0 Å². The Morgan fingerprint density at radius 2 is 2.08 bits per heavy atom. The van der Waals surface area contributed by atoms with Crippen LogP contribution in [-0.2, 0) is 25.7 Å². The summed E-state index contributed by atoms with van der Waals surface area (Å²) in [5, 5.41) is 23.9. The van der Waals surface area contributed by atoms with Crippen LogP contribution < -0.4 is 4.90 Å². The second kappa shape index (κ2) is 5.44. The van der Waals surface area contributed by atoms with Crippen molar-refractivity contribution >= 4 is 5.82 Å². The van der Waals surface area contributed by atoms with Gasteiger partial charge in [-0.2, -0.15) is 23.4 Å². The molecule has 4 rings (SSSR count). The first-order valence-corrected chi connectivity index (χ1v) is 7.83. The Kier molecular flexibility index (Phi) is 3.48. The van der Waals surface area contributed by atoms with E-state index in [4.69, 9.17) is 0 Å². The van der Waals surface area contributed by atoms with E-state index in [0.717, 1.165) is 24.5 Å². The molecule has 2 N–H and O–H groups in total. The van der Waals surface area contributed by atoms with Crippen LogP contribution in [0, 0.1) is 0 Å². The van der Waals surface area contributed by atoms with Crippen molar-refractivity contribution in [3.05, 3.63) is 34.3 Å². The molecule has 1 aliphatic heterocycles. The summed E-state index contributed by atoms with van der Waals surface area (Å²) in [5.41, 5.74) is 1.84. The van der Waals surface area contributed by atoms with Gasteiger partial charge >= 0.3 is 6.18 Å². The SMILES string of the molecule is OCc1n[nH]c2c1CCN(c1nnc(C3CC3)cc1C(F)(F)F)C2. The van der Waals surface area contributed by atoms with Gasteiger partial charge < -0.3 is 10.0 Å². The standard InChI is InChI=1S/C15H16F3N5O/c16-15(17,18)10-5-11(8-1-2-8)19-22-14(10)23-4-3-9-12(6-23)20-21-13(9)7-24/h5,8,24H,1-4,6-7H2,(H,20,21). The maximum atomic E-state index is 13.5. The Bertz CT molecular complexity index is 769. The van der Waals surface area contributed by atoms with Crippen LogP contribution in [0.3, 0.4) is 0 Å². The molecule has 128 valence electrons. The average Bonchev–Trinajstić information content (AvgIpc) is 3.33. The number of hydrogen-bond acceptors (Lipinski definition) is 5.